The molecule has 62 heavy (non-hydrogen) atoms. The Hall–Kier alpha value is -1.59. The Labute approximate surface area is 387 Å². The fourth-order valence-electron chi connectivity index (χ4n) is 8.44. The van der Waals surface area contributed by atoms with E-state index in [1.807, 2.05) is 0 Å². The van der Waals surface area contributed by atoms with Crippen molar-refractivity contribution in [3.05, 3.63) is 0 Å². The third kappa shape index (κ3) is 47.9. The molecular formula is C56H108O6. The number of hydrogen-bond donors (Lipinski definition) is 0. The summed E-state index contributed by atoms with van der Waals surface area (Å²) in [7, 11) is 0. The number of carbonyl (C=O) groups excluding carboxylic acids is 3. The van der Waals surface area contributed by atoms with Crippen molar-refractivity contribution < 1.29 is 28.6 Å². The third-order valence-corrected chi connectivity index (χ3v) is 13.0. The van der Waals surface area contributed by atoms with Crippen molar-refractivity contribution in [2.24, 2.45) is 17.8 Å². The number of rotatable bonds is 49. The average Bonchev–Trinajstić information content (AvgIpc) is 3.24. The molecule has 0 heterocycles. The van der Waals surface area contributed by atoms with Crippen molar-refractivity contribution >= 4 is 17.9 Å². The SMILES string of the molecule is CCC(C)CCCCCCCCCCCCCCCCC(=O)O[C@@H](COC(=O)CCCCCCCCCCCCCCC(C)C)COC(=O)CCCCCCCCCCC(C)C. The van der Waals surface area contributed by atoms with Crippen LogP contribution in [0.5, 0.6) is 0 Å². The van der Waals surface area contributed by atoms with E-state index in [1.165, 1.54) is 186 Å². The summed E-state index contributed by atoms with van der Waals surface area (Å²) in [5.74, 6) is 1.68. The molecule has 0 aromatic carbocycles. The quantitative estimate of drug-likeness (QED) is 0.0344. The molecule has 0 aliphatic heterocycles. The van der Waals surface area contributed by atoms with E-state index in [4.69, 9.17) is 14.2 Å². The van der Waals surface area contributed by atoms with Crippen molar-refractivity contribution in [1.82, 2.24) is 0 Å². The van der Waals surface area contributed by atoms with Gasteiger partial charge in [0, 0.05) is 19.3 Å². The highest BCUT2D eigenvalue weighted by molar-refractivity contribution is 5.71. The van der Waals surface area contributed by atoms with Crippen molar-refractivity contribution in [3.8, 4) is 0 Å². The number of carbonyl (C=O) groups is 3. The Bertz CT molecular complexity index is 962. The first-order valence-electron chi connectivity index (χ1n) is 27.6. The summed E-state index contributed by atoms with van der Waals surface area (Å²) in [6.07, 6.45) is 48.0. The molecule has 368 valence electrons. The van der Waals surface area contributed by atoms with Crippen LogP contribution in [-0.2, 0) is 28.6 Å². The van der Waals surface area contributed by atoms with Crippen LogP contribution in [0, 0.1) is 17.8 Å². The van der Waals surface area contributed by atoms with Gasteiger partial charge in [0.1, 0.15) is 13.2 Å². The molecule has 0 aliphatic rings. The molecule has 0 aromatic heterocycles. The minimum atomic E-state index is -0.763. The second kappa shape index (κ2) is 47.4. The lowest BCUT2D eigenvalue weighted by atomic mass is 9.99. The number of ether oxygens (including phenoxy) is 3. The van der Waals surface area contributed by atoms with Crippen LogP contribution < -0.4 is 0 Å². The summed E-state index contributed by atoms with van der Waals surface area (Å²) < 4.78 is 16.8. The molecule has 6 nitrogen and oxygen atoms in total. The lowest BCUT2D eigenvalue weighted by Crippen LogP contribution is -2.30. The number of unbranched alkanes of at least 4 members (excludes halogenated alkanes) is 31. The van der Waals surface area contributed by atoms with Gasteiger partial charge in [-0.15, -0.1) is 0 Å². The Balaban J connectivity index is 4.29. The molecular weight excluding hydrogens is 769 g/mol. The van der Waals surface area contributed by atoms with E-state index < -0.39 is 6.10 Å². The topological polar surface area (TPSA) is 78.9 Å². The van der Waals surface area contributed by atoms with Gasteiger partial charge in [-0.25, -0.2) is 0 Å². The van der Waals surface area contributed by atoms with Crippen LogP contribution in [-0.4, -0.2) is 37.2 Å². The molecule has 0 aromatic rings. The van der Waals surface area contributed by atoms with E-state index in [1.54, 1.807) is 0 Å². The number of esters is 3. The average molecular weight is 877 g/mol. The normalized spacial score (nSPS) is 12.6. The van der Waals surface area contributed by atoms with Gasteiger partial charge in [0.2, 0.25) is 0 Å². The highest BCUT2D eigenvalue weighted by Crippen LogP contribution is 2.18. The van der Waals surface area contributed by atoms with Crippen LogP contribution in [0.4, 0.5) is 0 Å². The van der Waals surface area contributed by atoms with E-state index in [-0.39, 0.29) is 31.1 Å². The minimum Gasteiger partial charge on any atom is -0.462 e. The molecule has 1 unspecified atom stereocenters. The van der Waals surface area contributed by atoms with E-state index in [0.717, 1.165) is 75.5 Å². The van der Waals surface area contributed by atoms with Crippen molar-refractivity contribution in [1.29, 1.82) is 0 Å². The highest BCUT2D eigenvalue weighted by Gasteiger charge is 2.19. The predicted molar refractivity (Wildman–Crippen MR) is 266 cm³/mol. The Morgan fingerprint density at radius 3 is 0.839 bits per heavy atom. The van der Waals surface area contributed by atoms with E-state index >= 15 is 0 Å². The Kier molecular flexibility index (Phi) is 46.2. The zero-order chi connectivity index (χ0) is 45.6. The molecule has 2 atom stereocenters. The summed E-state index contributed by atoms with van der Waals surface area (Å²) in [4.78, 5) is 38.0. The summed E-state index contributed by atoms with van der Waals surface area (Å²) in [5.41, 5.74) is 0. The first kappa shape index (κ1) is 60.4. The molecule has 0 amide bonds. The van der Waals surface area contributed by atoms with E-state index in [9.17, 15) is 14.4 Å². The van der Waals surface area contributed by atoms with Gasteiger partial charge in [-0.3, -0.25) is 14.4 Å². The molecule has 0 aliphatic carbocycles. The minimum absolute atomic E-state index is 0.0644. The standard InChI is InChI=1S/C56H108O6/c1-7-52(6)44-38-32-26-19-15-10-8-9-11-17-21-29-35-41-47-56(59)62-53(49-61-55(58)46-40-34-28-23-22-25-31-37-43-51(4)5)48-60-54(57)45-39-33-27-20-16-13-12-14-18-24-30-36-42-50(2)3/h50-53H,7-49H2,1-6H3/t52?,53-/m0/s1. The van der Waals surface area contributed by atoms with Crippen molar-refractivity contribution in [3.63, 3.8) is 0 Å². The molecule has 0 fully saturated rings. The first-order valence-corrected chi connectivity index (χ1v) is 27.6. The van der Waals surface area contributed by atoms with E-state index in [0.29, 0.717) is 19.3 Å². The maximum absolute atomic E-state index is 12.8. The lowest BCUT2D eigenvalue weighted by molar-refractivity contribution is -0.167. The smallest absolute Gasteiger partial charge is 0.306 e. The number of hydrogen-bond acceptors (Lipinski definition) is 6. The van der Waals surface area contributed by atoms with Crippen molar-refractivity contribution in [2.75, 3.05) is 13.2 Å². The van der Waals surface area contributed by atoms with Crippen LogP contribution in [0.2, 0.25) is 0 Å². The lowest BCUT2D eigenvalue weighted by Gasteiger charge is -2.18. The van der Waals surface area contributed by atoms with Gasteiger partial charge in [-0.1, -0.05) is 266 Å². The molecule has 0 saturated heterocycles. The first-order chi connectivity index (χ1) is 30.1. The van der Waals surface area contributed by atoms with Crippen LogP contribution in [0.1, 0.15) is 305 Å². The fourth-order valence-corrected chi connectivity index (χ4v) is 8.44. The van der Waals surface area contributed by atoms with Crippen LogP contribution in [0.15, 0.2) is 0 Å². The van der Waals surface area contributed by atoms with Gasteiger partial charge in [0.15, 0.2) is 6.10 Å². The molecule has 0 spiro atoms. The van der Waals surface area contributed by atoms with Gasteiger partial charge in [0.25, 0.3) is 0 Å². The Morgan fingerprint density at radius 2 is 0.565 bits per heavy atom. The molecule has 0 bridgehead atoms. The maximum atomic E-state index is 12.8. The van der Waals surface area contributed by atoms with Gasteiger partial charge < -0.3 is 14.2 Å². The monoisotopic (exact) mass is 877 g/mol. The van der Waals surface area contributed by atoms with Gasteiger partial charge >= 0.3 is 17.9 Å². The summed E-state index contributed by atoms with van der Waals surface area (Å²) in [6.45, 7) is 13.8. The summed E-state index contributed by atoms with van der Waals surface area (Å²) in [5, 5.41) is 0. The molecule has 0 saturated carbocycles. The zero-order valence-electron chi connectivity index (χ0n) is 42.7. The van der Waals surface area contributed by atoms with Gasteiger partial charge in [-0.2, -0.15) is 0 Å². The molecule has 0 rings (SSSR count). The predicted octanol–water partition coefficient (Wildman–Crippen LogP) is 17.9. The van der Waals surface area contributed by atoms with E-state index in [2.05, 4.69) is 41.5 Å². The molecule has 0 N–H and O–H groups in total. The second-order valence-electron chi connectivity index (χ2n) is 20.4. The molecule has 0 radical (unpaired) electrons. The third-order valence-electron chi connectivity index (χ3n) is 13.0. The molecule has 6 heteroatoms. The van der Waals surface area contributed by atoms with Crippen LogP contribution in [0.25, 0.3) is 0 Å². The second-order valence-corrected chi connectivity index (χ2v) is 20.4. The Morgan fingerprint density at radius 1 is 0.323 bits per heavy atom. The fraction of sp³-hybridized carbons (Fsp3) is 0.946. The van der Waals surface area contributed by atoms with Crippen molar-refractivity contribution in [2.45, 2.75) is 311 Å². The van der Waals surface area contributed by atoms with Gasteiger partial charge in [-0.05, 0) is 37.0 Å². The largest absolute Gasteiger partial charge is 0.462 e. The van der Waals surface area contributed by atoms with Crippen LogP contribution >= 0.6 is 0 Å². The maximum Gasteiger partial charge on any atom is 0.306 e. The zero-order valence-corrected chi connectivity index (χ0v) is 42.7. The highest BCUT2D eigenvalue weighted by atomic mass is 16.6. The summed E-state index contributed by atoms with van der Waals surface area (Å²) >= 11 is 0. The van der Waals surface area contributed by atoms with Crippen LogP contribution in [0.3, 0.4) is 0 Å². The summed E-state index contributed by atoms with van der Waals surface area (Å²) in [6, 6.07) is 0. The van der Waals surface area contributed by atoms with Gasteiger partial charge in [0.05, 0.1) is 0 Å².